The first-order valence-corrected chi connectivity index (χ1v) is 9.52. The lowest BCUT2D eigenvalue weighted by Crippen LogP contribution is -2.50. The maximum absolute atomic E-state index is 10.3. The van der Waals surface area contributed by atoms with Crippen molar-refractivity contribution in [3.8, 4) is 0 Å². The molecule has 1 N–H and O–H groups in total. The zero-order valence-electron chi connectivity index (χ0n) is 14.5. The van der Waals surface area contributed by atoms with Crippen LogP contribution in [0, 0.1) is 34.5 Å². The smallest absolute Gasteiger partial charge is 0.0545 e. The molecule has 0 aromatic rings. The van der Waals surface area contributed by atoms with Gasteiger partial charge in [-0.15, -0.1) is 0 Å². The van der Waals surface area contributed by atoms with E-state index in [0.29, 0.717) is 16.7 Å². The topological polar surface area (TPSA) is 20.2 Å². The average molecular weight is 300 g/mol. The lowest BCUT2D eigenvalue weighted by molar-refractivity contribution is -0.0581. The van der Waals surface area contributed by atoms with Crippen LogP contribution in [0.4, 0.5) is 0 Å². The van der Waals surface area contributed by atoms with Crippen molar-refractivity contribution in [2.45, 2.75) is 71.8 Å². The Morgan fingerprint density at radius 2 is 1.95 bits per heavy atom. The van der Waals surface area contributed by atoms with Crippen LogP contribution in [0.25, 0.3) is 0 Å². The Kier molecular flexibility index (Phi) is 3.39. The summed E-state index contributed by atoms with van der Waals surface area (Å²) in [6.45, 7) is 7.07. The molecule has 4 aliphatic rings. The fraction of sp³-hybridized carbons (Fsp3) is 0.810. The highest BCUT2D eigenvalue weighted by Crippen LogP contribution is 2.66. The van der Waals surface area contributed by atoms with Crippen molar-refractivity contribution in [1.29, 1.82) is 0 Å². The van der Waals surface area contributed by atoms with E-state index in [1.54, 1.807) is 5.57 Å². The zero-order chi connectivity index (χ0) is 15.5. The Hall–Kier alpha value is -0.560. The van der Waals surface area contributed by atoms with Crippen LogP contribution in [0.5, 0.6) is 0 Å². The molecule has 4 aliphatic carbocycles. The summed E-state index contributed by atoms with van der Waals surface area (Å²) in [5.41, 5.74) is 2.46. The van der Waals surface area contributed by atoms with E-state index in [1.807, 2.05) is 6.92 Å². The lowest BCUT2D eigenvalue weighted by atomic mass is 9.48. The van der Waals surface area contributed by atoms with Gasteiger partial charge in [0.15, 0.2) is 0 Å². The number of allylic oxidation sites excluding steroid dienone is 4. The molecule has 1 nitrogen and oxygen atoms in total. The van der Waals surface area contributed by atoms with Crippen LogP contribution in [-0.2, 0) is 0 Å². The molecule has 0 heterocycles. The van der Waals surface area contributed by atoms with Gasteiger partial charge in [-0.3, -0.25) is 0 Å². The summed E-state index contributed by atoms with van der Waals surface area (Å²) in [5.74, 6) is 3.11. The molecule has 0 aromatic carbocycles. The summed E-state index contributed by atoms with van der Waals surface area (Å²) in [4.78, 5) is 0. The molecule has 0 aromatic heterocycles. The first-order chi connectivity index (χ1) is 10.5. The highest BCUT2D eigenvalue weighted by Gasteiger charge is 2.58. The van der Waals surface area contributed by atoms with Crippen molar-refractivity contribution in [3.05, 3.63) is 23.8 Å². The largest absolute Gasteiger partial charge is 0.393 e. The normalized spacial score (nSPS) is 51.5. The van der Waals surface area contributed by atoms with E-state index in [4.69, 9.17) is 0 Å². The number of hydrogen-bond donors (Lipinski definition) is 1. The van der Waals surface area contributed by atoms with Gasteiger partial charge >= 0.3 is 0 Å². The third kappa shape index (κ3) is 1.87. The van der Waals surface area contributed by atoms with Crippen molar-refractivity contribution in [2.75, 3.05) is 0 Å². The van der Waals surface area contributed by atoms with Crippen molar-refractivity contribution in [3.63, 3.8) is 0 Å². The maximum Gasteiger partial charge on any atom is 0.0545 e. The van der Waals surface area contributed by atoms with Gasteiger partial charge in [-0.2, -0.15) is 0 Å². The summed E-state index contributed by atoms with van der Waals surface area (Å²) in [5, 5.41) is 10.3. The van der Waals surface area contributed by atoms with Crippen molar-refractivity contribution in [2.24, 2.45) is 34.5 Å². The van der Waals surface area contributed by atoms with Gasteiger partial charge in [0.05, 0.1) is 6.10 Å². The van der Waals surface area contributed by atoms with E-state index >= 15 is 0 Å². The van der Waals surface area contributed by atoms with Gasteiger partial charge in [-0.1, -0.05) is 32.1 Å². The summed E-state index contributed by atoms with van der Waals surface area (Å²) in [6, 6.07) is 0. The molecule has 2 saturated carbocycles. The second-order valence-electron chi connectivity index (χ2n) is 9.10. The molecule has 0 bridgehead atoms. The summed E-state index contributed by atoms with van der Waals surface area (Å²) in [6.07, 6.45) is 16.4. The highest BCUT2D eigenvalue weighted by atomic mass is 16.3. The Morgan fingerprint density at radius 1 is 1.14 bits per heavy atom. The standard InChI is InChI=1S/C21H32O/c1-14(22)17-9-10-18-16-8-7-15-6-4-5-12-20(15,2)19(16)11-13-21(17,18)3/h4,6-7,14,16-19,22H,5,8-13H2,1-3H3/t14-,16-,17+,18-,19-,20-,21+/m0/s1. The second kappa shape index (κ2) is 4.97. The molecule has 7 atom stereocenters. The van der Waals surface area contributed by atoms with Gasteiger partial charge in [0.2, 0.25) is 0 Å². The molecule has 0 saturated heterocycles. The predicted octanol–water partition coefficient (Wildman–Crippen LogP) is 5.11. The third-order valence-electron chi connectivity index (χ3n) is 8.31. The van der Waals surface area contributed by atoms with Gasteiger partial charge in [0.1, 0.15) is 0 Å². The van der Waals surface area contributed by atoms with E-state index in [1.165, 1.54) is 44.9 Å². The fourth-order valence-electron chi connectivity index (χ4n) is 7.13. The molecule has 0 aliphatic heterocycles. The molecule has 0 unspecified atom stereocenters. The van der Waals surface area contributed by atoms with Crippen molar-refractivity contribution >= 4 is 0 Å². The van der Waals surface area contributed by atoms with Crippen LogP contribution < -0.4 is 0 Å². The Morgan fingerprint density at radius 3 is 2.73 bits per heavy atom. The first-order valence-electron chi connectivity index (χ1n) is 9.52. The molecule has 2 fully saturated rings. The Bertz CT molecular complexity index is 516. The molecule has 4 rings (SSSR count). The van der Waals surface area contributed by atoms with Crippen molar-refractivity contribution < 1.29 is 5.11 Å². The molecular weight excluding hydrogens is 268 g/mol. The maximum atomic E-state index is 10.3. The quantitative estimate of drug-likeness (QED) is 0.713. The third-order valence-corrected chi connectivity index (χ3v) is 8.31. The molecule has 122 valence electrons. The van der Waals surface area contributed by atoms with Crippen LogP contribution in [0.15, 0.2) is 23.8 Å². The monoisotopic (exact) mass is 300 g/mol. The highest BCUT2D eigenvalue weighted by molar-refractivity contribution is 5.34. The average Bonchev–Trinajstić information content (AvgIpc) is 2.84. The van der Waals surface area contributed by atoms with Crippen LogP contribution >= 0.6 is 0 Å². The van der Waals surface area contributed by atoms with E-state index in [2.05, 4.69) is 32.1 Å². The molecular formula is C21H32O. The number of fused-ring (bicyclic) bond motifs is 5. The van der Waals surface area contributed by atoms with Crippen LogP contribution in [0.2, 0.25) is 0 Å². The fourth-order valence-corrected chi connectivity index (χ4v) is 7.13. The summed E-state index contributed by atoms with van der Waals surface area (Å²) >= 11 is 0. The van der Waals surface area contributed by atoms with E-state index < -0.39 is 0 Å². The minimum Gasteiger partial charge on any atom is -0.393 e. The van der Waals surface area contributed by atoms with E-state index in [0.717, 1.165) is 17.8 Å². The molecule has 0 radical (unpaired) electrons. The molecule has 0 spiro atoms. The zero-order valence-corrected chi connectivity index (χ0v) is 14.5. The molecule has 1 heteroatoms. The van der Waals surface area contributed by atoms with Gasteiger partial charge < -0.3 is 5.11 Å². The minimum atomic E-state index is -0.130. The number of aliphatic hydroxyl groups excluding tert-OH is 1. The molecule has 22 heavy (non-hydrogen) atoms. The Balaban J connectivity index is 1.68. The van der Waals surface area contributed by atoms with Crippen LogP contribution in [-0.4, -0.2) is 11.2 Å². The van der Waals surface area contributed by atoms with Crippen LogP contribution in [0.1, 0.15) is 65.7 Å². The van der Waals surface area contributed by atoms with Gasteiger partial charge in [-0.05, 0) is 91.9 Å². The van der Waals surface area contributed by atoms with E-state index in [9.17, 15) is 5.11 Å². The van der Waals surface area contributed by atoms with Crippen LogP contribution in [0.3, 0.4) is 0 Å². The number of rotatable bonds is 1. The SMILES string of the molecule is C[C@H](O)[C@H]1CC[C@H]2[C@@H]3CC=C4C=CCC[C@]4(C)[C@H]3CC[C@]12C. The van der Waals surface area contributed by atoms with E-state index in [-0.39, 0.29) is 6.10 Å². The second-order valence-corrected chi connectivity index (χ2v) is 9.10. The predicted molar refractivity (Wildman–Crippen MR) is 91.4 cm³/mol. The summed E-state index contributed by atoms with van der Waals surface area (Å²) < 4.78 is 0. The molecule has 0 amide bonds. The number of aliphatic hydroxyl groups is 1. The van der Waals surface area contributed by atoms with Gasteiger partial charge in [0.25, 0.3) is 0 Å². The van der Waals surface area contributed by atoms with Gasteiger partial charge in [0, 0.05) is 0 Å². The van der Waals surface area contributed by atoms with Crippen molar-refractivity contribution in [1.82, 2.24) is 0 Å². The number of hydrogen-bond acceptors (Lipinski definition) is 1. The van der Waals surface area contributed by atoms with Gasteiger partial charge in [-0.25, -0.2) is 0 Å². The minimum absolute atomic E-state index is 0.130. The first kappa shape index (κ1) is 15.0. The summed E-state index contributed by atoms with van der Waals surface area (Å²) in [7, 11) is 0. The lowest BCUT2D eigenvalue weighted by Gasteiger charge is -2.57. The Labute approximate surface area is 135 Å².